The van der Waals surface area contributed by atoms with Gasteiger partial charge in [-0.05, 0) is 18.9 Å². The van der Waals surface area contributed by atoms with Gasteiger partial charge in [-0.15, -0.1) is 0 Å². The van der Waals surface area contributed by atoms with Gasteiger partial charge in [0.25, 0.3) is 5.91 Å². The molecule has 3 rings (SSSR count). The molecule has 2 N–H and O–H groups in total. The molecule has 1 aromatic rings. The van der Waals surface area contributed by atoms with E-state index in [0.29, 0.717) is 37.5 Å². The quantitative estimate of drug-likeness (QED) is 0.823. The largest absolute Gasteiger partial charge is 0.481 e. The fraction of sp³-hybridized carbons (Fsp3) is 0.588. The summed E-state index contributed by atoms with van der Waals surface area (Å²) in [6, 6.07) is 3.20. The zero-order valence-corrected chi connectivity index (χ0v) is 13.5. The normalized spacial score (nSPS) is 22.2. The van der Waals surface area contributed by atoms with Crippen LogP contribution in [0.25, 0.3) is 0 Å². The zero-order chi connectivity index (χ0) is 17.0. The van der Waals surface area contributed by atoms with E-state index < -0.39 is 11.5 Å². The van der Waals surface area contributed by atoms with Gasteiger partial charge < -0.3 is 19.9 Å². The lowest BCUT2D eigenvalue weighted by Gasteiger charge is -2.28. The van der Waals surface area contributed by atoms with Crippen LogP contribution in [0.4, 0.5) is 0 Å². The first-order chi connectivity index (χ1) is 11.6. The van der Waals surface area contributed by atoms with E-state index in [2.05, 4.69) is 10.3 Å². The Hall–Kier alpha value is -2.15. The minimum atomic E-state index is -0.891. The average Bonchev–Trinajstić information content (AvgIpc) is 3.19. The summed E-state index contributed by atoms with van der Waals surface area (Å²) < 4.78 is 11.0. The summed E-state index contributed by atoms with van der Waals surface area (Å²) in [6.45, 7) is 1.20. The van der Waals surface area contributed by atoms with Crippen LogP contribution in [0.2, 0.25) is 0 Å². The number of hydrogen-bond acceptors (Lipinski definition) is 5. The lowest BCUT2D eigenvalue weighted by atomic mass is 9.92. The van der Waals surface area contributed by atoms with Gasteiger partial charge in [0.1, 0.15) is 6.10 Å². The SMILES string of the molecule is O=C(O)CC1(NC(=O)c2ccnc(OC3CCOC3)c2)CCCC1. The fourth-order valence-electron chi connectivity index (χ4n) is 3.39. The molecule has 0 aromatic carbocycles. The monoisotopic (exact) mass is 334 g/mol. The molecule has 2 fully saturated rings. The van der Waals surface area contributed by atoms with Gasteiger partial charge in [-0.3, -0.25) is 9.59 Å². The van der Waals surface area contributed by atoms with Crippen LogP contribution >= 0.6 is 0 Å². The van der Waals surface area contributed by atoms with E-state index >= 15 is 0 Å². The second-order valence-electron chi connectivity index (χ2n) is 6.50. The van der Waals surface area contributed by atoms with Crippen LogP contribution in [-0.2, 0) is 9.53 Å². The van der Waals surface area contributed by atoms with Crippen molar-refractivity contribution in [2.24, 2.45) is 0 Å². The Morgan fingerprint density at radius 1 is 1.42 bits per heavy atom. The number of hydrogen-bond donors (Lipinski definition) is 2. The smallest absolute Gasteiger partial charge is 0.305 e. The minimum absolute atomic E-state index is 0.0380. The number of nitrogens with one attached hydrogen (secondary N) is 1. The van der Waals surface area contributed by atoms with Crippen molar-refractivity contribution >= 4 is 11.9 Å². The summed E-state index contributed by atoms with van der Waals surface area (Å²) in [5.74, 6) is -0.790. The number of pyridine rings is 1. The molecule has 0 spiro atoms. The molecule has 2 aliphatic rings. The van der Waals surface area contributed by atoms with Gasteiger partial charge in [0.15, 0.2) is 0 Å². The summed E-state index contributed by atoms with van der Waals surface area (Å²) in [7, 11) is 0. The van der Waals surface area contributed by atoms with Crippen molar-refractivity contribution in [2.45, 2.75) is 50.2 Å². The van der Waals surface area contributed by atoms with Crippen LogP contribution in [0.1, 0.15) is 48.9 Å². The molecule has 1 aliphatic carbocycles. The molecule has 0 bridgehead atoms. The number of carbonyl (C=O) groups is 2. The Morgan fingerprint density at radius 2 is 2.21 bits per heavy atom. The van der Waals surface area contributed by atoms with Gasteiger partial charge in [0.05, 0.1) is 25.2 Å². The zero-order valence-electron chi connectivity index (χ0n) is 13.5. The second kappa shape index (κ2) is 7.17. The number of rotatable bonds is 6. The summed E-state index contributed by atoms with van der Waals surface area (Å²) in [6.07, 6.45) is 5.49. The number of carbonyl (C=O) groups excluding carboxylic acids is 1. The highest BCUT2D eigenvalue weighted by Crippen LogP contribution is 2.33. The van der Waals surface area contributed by atoms with Gasteiger partial charge in [0, 0.05) is 24.2 Å². The Balaban J connectivity index is 1.68. The van der Waals surface area contributed by atoms with Crippen molar-refractivity contribution < 1.29 is 24.2 Å². The Kier molecular flexibility index (Phi) is 4.99. The molecule has 24 heavy (non-hydrogen) atoms. The van der Waals surface area contributed by atoms with E-state index in [1.54, 1.807) is 12.1 Å². The molecule has 1 unspecified atom stereocenters. The van der Waals surface area contributed by atoms with E-state index in [9.17, 15) is 9.59 Å². The average molecular weight is 334 g/mol. The lowest BCUT2D eigenvalue weighted by Crippen LogP contribution is -2.47. The number of aromatic nitrogens is 1. The third-order valence-corrected chi connectivity index (χ3v) is 4.60. The highest BCUT2D eigenvalue weighted by Gasteiger charge is 2.37. The van der Waals surface area contributed by atoms with Crippen LogP contribution in [0.15, 0.2) is 18.3 Å². The number of carboxylic acids is 1. The Bertz CT molecular complexity index is 607. The molecule has 1 saturated heterocycles. The highest BCUT2D eigenvalue weighted by atomic mass is 16.5. The number of nitrogens with zero attached hydrogens (tertiary/aromatic N) is 1. The number of carboxylic acid groups (broad SMARTS) is 1. The first kappa shape index (κ1) is 16.7. The maximum absolute atomic E-state index is 12.6. The van der Waals surface area contributed by atoms with Crippen molar-refractivity contribution in [2.75, 3.05) is 13.2 Å². The van der Waals surface area contributed by atoms with Gasteiger partial charge >= 0.3 is 5.97 Å². The van der Waals surface area contributed by atoms with Gasteiger partial charge in [0.2, 0.25) is 5.88 Å². The molecule has 1 saturated carbocycles. The van der Waals surface area contributed by atoms with E-state index in [0.717, 1.165) is 19.3 Å². The summed E-state index contributed by atoms with van der Waals surface area (Å²) in [5.41, 5.74) is -0.220. The topological polar surface area (TPSA) is 97.8 Å². The molecule has 130 valence electrons. The summed E-state index contributed by atoms with van der Waals surface area (Å²) >= 11 is 0. The van der Waals surface area contributed by atoms with E-state index in [4.69, 9.17) is 14.6 Å². The predicted octanol–water partition coefficient (Wildman–Crippen LogP) is 1.77. The standard InChI is InChI=1S/C17H22N2O5/c20-15(21)10-17(5-1-2-6-17)19-16(22)12-3-7-18-14(9-12)24-13-4-8-23-11-13/h3,7,9,13H,1-2,4-6,8,10-11H2,(H,19,22)(H,20,21). The molecule has 1 amide bonds. The Morgan fingerprint density at radius 3 is 2.88 bits per heavy atom. The molecule has 1 atom stereocenters. The molecule has 0 radical (unpaired) electrons. The van der Waals surface area contributed by atoms with E-state index in [1.807, 2.05) is 0 Å². The molecule has 1 aliphatic heterocycles. The van der Waals surface area contributed by atoms with Gasteiger partial charge in [-0.25, -0.2) is 4.98 Å². The first-order valence-electron chi connectivity index (χ1n) is 8.31. The lowest BCUT2D eigenvalue weighted by molar-refractivity contribution is -0.138. The third kappa shape index (κ3) is 4.03. The summed E-state index contributed by atoms with van der Waals surface area (Å²) in [5, 5.41) is 12.1. The summed E-state index contributed by atoms with van der Waals surface area (Å²) in [4.78, 5) is 27.8. The molecule has 7 nitrogen and oxygen atoms in total. The second-order valence-corrected chi connectivity index (χ2v) is 6.50. The maximum Gasteiger partial charge on any atom is 0.305 e. The molecule has 1 aromatic heterocycles. The van der Waals surface area contributed by atoms with Crippen molar-refractivity contribution in [1.82, 2.24) is 10.3 Å². The van der Waals surface area contributed by atoms with Crippen LogP contribution in [0.5, 0.6) is 5.88 Å². The van der Waals surface area contributed by atoms with E-state index in [-0.39, 0.29) is 18.4 Å². The van der Waals surface area contributed by atoms with Crippen LogP contribution < -0.4 is 10.1 Å². The van der Waals surface area contributed by atoms with Crippen molar-refractivity contribution in [3.63, 3.8) is 0 Å². The van der Waals surface area contributed by atoms with Crippen molar-refractivity contribution in [1.29, 1.82) is 0 Å². The van der Waals surface area contributed by atoms with Crippen LogP contribution in [-0.4, -0.2) is 46.8 Å². The maximum atomic E-state index is 12.6. The Labute approximate surface area is 140 Å². The predicted molar refractivity (Wildman–Crippen MR) is 85.0 cm³/mol. The highest BCUT2D eigenvalue weighted by molar-refractivity contribution is 5.95. The van der Waals surface area contributed by atoms with Crippen molar-refractivity contribution in [3.05, 3.63) is 23.9 Å². The fourth-order valence-corrected chi connectivity index (χ4v) is 3.39. The molecular weight excluding hydrogens is 312 g/mol. The number of amides is 1. The van der Waals surface area contributed by atoms with Gasteiger partial charge in [-0.2, -0.15) is 0 Å². The van der Waals surface area contributed by atoms with Crippen molar-refractivity contribution in [3.8, 4) is 5.88 Å². The first-order valence-corrected chi connectivity index (χ1v) is 8.31. The molecular formula is C17H22N2O5. The number of ether oxygens (including phenoxy) is 2. The third-order valence-electron chi connectivity index (χ3n) is 4.60. The number of aliphatic carboxylic acids is 1. The molecule has 7 heteroatoms. The minimum Gasteiger partial charge on any atom is -0.481 e. The molecule has 2 heterocycles. The van der Waals surface area contributed by atoms with Crippen LogP contribution in [0.3, 0.4) is 0 Å². The van der Waals surface area contributed by atoms with Crippen LogP contribution in [0, 0.1) is 0 Å². The van der Waals surface area contributed by atoms with E-state index in [1.165, 1.54) is 6.20 Å². The van der Waals surface area contributed by atoms with Gasteiger partial charge in [-0.1, -0.05) is 12.8 Å².